The normalized spacial score (nSPS) is 10.6. The molecule has 4 heteroatoms. The van der Waals surface area contributed by atoms with Crippen molar-refractivity contribution in [2.45, 2.75) is 64.7 Å². The van der Waals surface area contributed by atoms with Crippen molar-refractivity contribution in [1.82, 2.24) is 5.32 Å². The third-order valence-corrected chi connectivity index (χ3v) is 3.76. The fourth-order valence-corrected chi connectivity index (χ4v) is 2.41. The van der Waals surface area contributed by atoms with Crippen molar-refractivity contribution in [2.24, 2.45) is 0 Å². The van der Waals surface area contributed by atoms with Gasteiger partial charge in [-0.15, -0.1) is 0 Å². The van der Waals surface area contributed by atoms with Crippen LogP contribution in [0.4, 0.5) is 0 Å². The molecule has 0 aliphatic carbocycles. The van der Waals surface area contributed by atoms with Gasteiger partial charge >= 0.3 is 0 Å². The fourth-order valence-electron chi connectivity index (χ4n) is 2.41. The highest BCUT2D eigenvalue weighted by Crippen LogP contribution is 2.24. The quantitative estimate of drug-likeness (QED) is 0.429. The van der Waals surface area contributed by atoms with Crippen molar-refractivity contribution in [2.75, 3.05) is 6.54 Å². The standard InChI is InChI=1S/C18H29NO3/c1-2-3-4-5-6-7-8-9-12-19-18(22)14-15-10-11-16(20)17(21)13-15/h10-11,13,20-21H,2-9,12,14H2,1H3,(H,19,22). The van der Waals surface area contributed by atoms with Crippen LogP contribution in [0, 0.1) is 0 Å². The molecule has 0 saturated heterocycles. The lowest BCUT2D eigenvalue weighted by molar-refractivity contribution is -0.120. The van der Waals surface area contributed by atoms with Crippen LogP contribution in [0.3, 0.4) is 0 Å². The molecule has 1 amide bonds. The van der Waals surface area contributed by atoms with Gasteiger partial charge in [-0.3, -0.25) is 4.79 Å². The summed E-state index contributed by atoms with van der Waals surface area (Å²) < 4.78 is 0. The number of benzene rings is 1. The van der Waals surface area contributed by atoms with Gasteiger partial charge < -0.3 is 15.5 Å². The molecule has 1 aromatic rings. The minimum Gasteiger partial charge on any atom is -0.504 e. The van der Waals surface area contributed by atoms with E-state index in [1.807, 2.05) is 0 Å². The number of rotatable bonds is 11. The van der Waals surface area contributed by atoms with Gasteiger partial charge in [0.1, 0.15) is 0 Å². The van der Waals surface area contributed by atoms with Crippen molar-refractivity contribution in [3.8, 4) is 11.5 Å². The van der Waals surface area contributed by atoms with Crippen molar-refractivity contribution < 1.29 is 15.0 Å². The Hall–Kier alpha value is -1.71. The van der Waals surface area contributed by atoms with Gasteiger partial charge in [-0.25, -0.2) is 0 Å². The van der Waals surface area contributed by atoms with Crippen LogP contribution in [0.1, 0.15) is 63.9 Å². The summed E-state index contributed by atoms with van der Waals surface area (Å²) in [6.07, 6.45) is 10.2. The van der Waals surface area contributed by atoms with Gasteiger partial charge in [-0.2, -0.15) is 0 Å². The van der Waals surface area contributed by atoms with Gasteiger partial charge in [0, 0.05) is 6.54 Å². The number of carbonyl (C=O) groups excluding carboxylic acids is 1. The summed E-state index contributed by atoms with van der Waals surface area (Å²) in [6.45, 7) is 2.93. The lowest BCUT2D eigenvalue weighted by Crippen LogP contribution is -2.26. The van der Waals surface area contributed by atoms with Gasteiger partial charge in [-0.1, -0.05) is 57.9 Å². The number of aromatic hydroxyl groups is 2. The molecule has 0 aliphatic rings. The molecule has 124 valence electrons. The van der Waals surface area contributed by atoms with E-state index in [0.29, 0.717) is 12.1 Å². The zero-order chi connectivity index (χ0) is 16.2. The van der Waals surface area contributed by atoms with Gasteiger partial charge in [-0.05, 0) is 24.1 Å². The van der Waals surface area contributed by atoms with Crippen LogP contribution < -0.4 is 5.32 Å². The molecule has 3 N–H and O–H groups in total. The lowest BCUT2D eigenvalue weighted by atomic mass is 10.1. The predicted octanol–water partition coefficient (Wildman–Crippen LogP) is 3.90. The van der Waals surface area contributed by atoms with Crippen LogP contribution in [0.2, 0.25) is 0 Å². The molecule has 22 heavy (non-hydrogen) atoms. The van der Waals surface area contributed by atoms with E-state index < -0.39 is 0 Å². The Labute approximate surface area is 133 Å². The van der Waals surface area contributed by atoms with Crippen LogP contribution in [0.5, 0.6) is 11.5 Å². The van der Waals surface area contributed by atoms with Crippen molar-refractivity contribution in [1.29, 1.82) is 0 Å². The van der Waals surface area contributed by atoms with Crippen LogP contribution in [0.15, 0.2) is 18.2 Å². The van der Waals surface area contributed by atoms with E-state index in [1.165, 1.54) is 50.7 Å². The summed E-state index contributed by atoms with van der Waals surface area (Å²) in [6, 6.07) is 4.46. The number of nitrogens with one attached hydrogen (secondary N) is 1. The van der Waals surface area contributed by atoms with E-state index in [-0.39, 0.29) is 23.8 Å². The molecule has 4 nitrogen and oxygen atoms in total. The van der Waals surface area contributed by atoms with Crippen molar-refractivity contribution >= 4 is 5.91 Å². The second-order valence-electron chi connectivity index (χ2n) is 5.82. The third-order valence-electron chi connectivity index (χ3n) is 3.76. The molecule has 1 rings (SSSR count). The summed E-state index contributed by atoms with van der Waals surface area (Å²) in [5, 5.41) is 21.5. The number of phenols is 2. The number of unbranched alkanes of at least 4 members (excludes halogenated alkanes) is 7. The zero-order valence-electron chi connectivity index (χ0n) is 13.6. The maximum absolute atomic E-state index is 11.8. The van der Waals surface area contributed by atoms with E-state index in [9.17, 15) is 15.0 Å². The number of carbonyl (C=O) groups is 1. The van der Waals surface area contributed by atoms with Crippen LogP contribution in [0.25, 0.3) is 0 Å². The molecule has 0 unspecified atom stereocenters. The van der Waals surface area contributed by atoms with Crippen LogP contribution in [-0.4, -0.2) is 22.7 Å². The maximum Gasteiger partial charge on any atom is 0.224 e. The monoisotopic (exact) mass is 307 g/mol. The molecule has 0 atom stereocenters. The van der Waals surface area contributed by atoms with E-state index in [2.05, 4.69) is 12.2 Å². The maximum atomic E-state index is 11.8. The summed E-state index contributed by atoms with van der Waals surface area (Å²) in [5.41, 5.74) is 0.698. The number of phenolic OH excluding ortho intramolecular Hbond substituents is 2. The first-order chi connectivity index (χ1) is 10.6. The van der Waals surface area contributed by atoms with E-state index in [1.54, 1.807) is 6.07 Å². The van der Waals surface area contributed by atoms with Gasteiger partial charge in [0.25, 0.3) is 0 Å². The van der Waals surface area contributed by atoms with Crippen LogP contribution >= 0.6 is 0 Å². The van der Waals surface area contributed by atoms with Gasteiger partial charge in [0.05, 0.1) is 6.42 Å². The van der Waals surface area contributed by atoms with Crippen LogP contribution in [-0.2, 0) is 11.2 Å². The first-order valence-electron chi connectivity index (χ1n) is 8.41. The minimum absolute atomic E-state index is 0.0481. The highest BCUT2D eigenvalue weighted by Gasteiger charge is 2.05. The number of amides is 1. The Bertz CT molecular complexity index is 446. The molecule has 0 radical (unpaired) electrons. The molecule has 1 aromatic carbocycles. The second-order valence-corrected chi connectivity index (χ2v) is 5.82. The molecular formula is C18H29NO3. The molecule has 0 heterocycles. The highest BCUT2D eigenvalue weighted by molar-refractivity contribution is 5.78. The summed E-state index contributed by atoms with van der Waals surface area (Å²) in [7, 11) is 0. The smallest absolute Gasteiger partial charge is 0.224 e. The number of hydrogen-bond acceptors (Lipinski definition) is 3. The largest absolute Gasteiger partial charge is 0.504 e. The fraction of sp³-hybridized carbons (Fsp3) is 0.611. The Morgan fingerprint density at radius 2 is 1.59 bits per heavy atom. The third kappa shape index (κ3) is 7.91. The van der Waals surface area contributed by atoms with E-state index in [4.69, 9.17) is 0 Å². The molecule has 0 bridgehead atoms. The average molecular weight is 307 g/mol. The topological polar surface area (TPSA) is 69.6 Å². The molecule has 0 aliphatic heterocycles. The first kappa shape index (κ1) is 18.3. The van der Waals surface area contributed by atoms with E-state index in [0.717, 1.165) is 12.8 Å². The average Bonchev–Trinajstić information content (AvgIpc) is 2.49. The lowest BCUT2D eigenvalue weighted by Gasteiger charge is -2.06. The predicted molar refractivity (Wildman–Crippen MR) is 89.1 cm³/mol. The zero-order valence-corrected chi connectivity index (χ0v) is 13.6. The van der Waals surface area contributed by atoms with Crippen molar-refractivity contribution in [3.63, 3.8) is 0 Å². The molecule has 0 saturated carbocycles. The summed E-state index contributed by atoms with van der Waals surface area (Å²) in [4.78, 5) is 11.8. The Morgan fingerprint density at radius 1 is 0.955 bits per heavy atom. The molecule has 0 fully saturated rings. The molecule has 0 spiro atoms. The van der Waals surface area contributed by atoms with Crippen molar-refractivity contribution in [3.05, 3.63) is 23.8 Å². The molecule has 0 aromatic heterocycles. The van der Waals surface area contributed by atoms with Gasteiger partial charge in [0.15, 0.2) is 11.5 Å². The first-order valence-corrected chi connectivity index (χ1v) is 8.41. The van der Waals surface area contributed by atoms with Gasteiger partial charge in [0.2, 0.25) is 5.91 Å². The second kappa shape index (κ2) is 10.9. The summed E-state index contributed by atoms with van der Waals surface area (Å²) >= 11 is 0. The molecular weight excluding hydrogens is 278 g/mol. The minimum atomic E-state index is -0.187. The Kier molecular flexibility index (Phi) is 9.12. The van der Waals surface area contributed by atoms with E-state index >= 15 is 0 Å². The Balaban J connectivity index is 2.05. The highest BCUT2D eigenvalue weighted by atomic mass is 16.3. The SMILES string of the molecule is CCCCCCCCCCNC(=O)Cc1ccc(O)c(O)c1. The Morgan fingerprint density at radius 3 is 2.23 bits per heavy atom. The number of hydrogen-bond donors (Lipinski definition) is 3. The summed E-state index contributed by atoms with van der Waals surface area (Å²) in [5.74, 6) is -0.399.